The fourth-order valence-corrected chi connectivity index (χ4v) is 6.85. The first-order chi connectivity index (χ1) is 24.1. The second-order valence-corrected chi connectivity index (χ2v) is 21.6. The highest BCUT2D eigenvalue weighted by Crippen LogP contribution is 2.44. The van der Waals surface area contributed by atoms with Crippen molar-refractivity contribution < 1.29 is 19.2 Å². The van der Waals surface area contributed by atoms with E-state index in [1.54, 1.807) is 0 Å². The van der Waals surface area contributed by atoms with E-state index in [2.05, 4.69) is 125 Å². The number of ketones is 4. The molecule has 0 fully saturated rings. The Kier molecular flexibility index (Phi) is 12.0. The SMILES string of the molecule is CC(C)(C)C1=CC(=C2C=C(C(C)(C)C)C(=O)C(C(C)(C)C)=C2)C=C(C(C)(C)C)C1=O.CC1=CC(=C2C=C(C(C)(C)C)C(=O)C(C(C)(C)C)=C2)C=C(C)C1=O. The van der Waals surface area contributed by atoms with E-state index in [-0.39, 0.29) is 55.6 Å². The molecule has 0 bridgehead atoms. The number of rotatable bonds is 0. The van der Waals surface area contributed by atoms with E-state index >= 15 is 0 Å². The molecule has 4 nitrogen and oxygen atoms in total. The van der Waals surface area contributed by atoms with Crippen molar-refractivity contribution in [2.45, 2.75) is 138 Å². The summed E-state index contributed by atoms with van der Waals surface area (Å²) in [6.45, 7) is 41.1. The predicted octanol–water partition coefficient (Wildman–Crippen LogP) is 12.6. The van der Waals surface area contributed by atoms with Gasteiger partial charge < -0.3 is 0 Å². The second-order valence-electron chi connectivity index (χ2n) is 21.6. The van der Waals surface area contributed by atoms with Gasteiger partial charge in [0.2, 0.25) is 0 Å². The highest BCUT2D eigenvalue weighted by atomic mass is 16.1. The Balaban J connectivity index is 0.000000297. The minimum Gasteiger partial charge on any atom is -0.289 e. The van der Waals surface area contributed by atoms with Gasteiger partial charge in [0.15, 0.2) is 23.1 Å². The lowest BCUT2D eigenvalue weighted by atomic mass is 9.69. The maximum atomic E-state index is 13.3. The summed E-state index contributed by atoms with van der Waals surface area (Å²) >= 11 is 0. The maximum Gasteiger partial charge on any atom is 0.186 e. The van der Waals surface area contributed by atoms with E-state index in [9.17, 15) is 19.2 Å². The number of hydrogen-bond acceptors (Lipinski definition) is 4. The molecule has 54 heavy (non-hydrogen) atoms. The first-order valence-electron chi connectivity index (χ1n) is 19.4. The van der Waals surface area contributed by atoms with Crippen molar-refractivity contribution in [2.75, 3.05) is 0 Å². The normalized spacial score (nSPS) is 19.6. The van der Waals surface area contributed by atoms with Gasteiger partial charge in [0, 0.05) is 33.4 Å². The summed E-state index contributed by atoms with van der Waals surface area (Å²) in [5, 5.41) is 0. The number of carbonyl (C=O) groups is 4. The molecule has 0 aliphatic heterocycles. The average Bonchev–Trinajstić information content (AvgIpc) is 2.96. The standard InChI is InChI=1S/C28H40O2.C22H28O2/c1-25(2,3)19-13-17(14-20(23(19)29)26(4,5)6)18-15-21(27(7,8)9)24(30)22(16-18)28(10,11)12;1-13-9-15(10-14(2)19(13)23)16-11-17(21(3,4)5)20(24)18(12-16)22(6,7)8/h13-16H,1-12H3;9-12H,1-8H3. The summed E-state index contributed by atoms with van der Waals surface area (Å²) in [7, 11) is 0. The van der Waals surface area contributed by atoms with Crippen molar-refractivity contribution in [3.05, 3.63) is 115 Å². The lowest BCUT2D eigenvalue weighted by molar-refractivity contribution is -0.114. The number of carbonyl (C=O) groups excluding carboxylic acids is 4. The molecule has 0 aromatic carbocycles. The van der Waals surface area contributed by atoms with Gasteiger partial charge in [-0.3, -0.25) is 19.2 Å². The molecule has 0 saturated carbocycles. The van der Waals surface area contributed by atoms with Crippen LogP contribution in [0.4, 0.5) is 0 Å². The summed E-state index contributed by atoms with van der Waals surface area (Å²) in [4.78, 5) is 51.6. The van der Waals surface area contributed by atoms with E-state index in [4.69, 9.17) is 0 Å². The fourth-order valence-electron chi connectivity index (χ4n) is 6.85. The van der Waals surface area contributed by atoms with Crippen LogP contribution in [0.3, 0.4) is 0 Å². The number of hydrogen-bond donors (Lipinski definition) is 0. The van der Waals surface area contributed by atoms with E-state index in [0.29, 0.717) is 0 Å². The van der Waals surface area contributed by atoms with Crippen LogP contribution in [0, 0.1) is 32.5 Å². The smallest absolute Gasteiger partial charge is 0.186 e. The van der Waals surface area contributed by atoms with Gasteiger partial charge in [-0.25, -0.2) is 0 Å². The summed E-state index contributed by atoms with van der Waals surface area (Å²) < 4.78 is 0. The largest absolute Gasteiger partial charge is 0.289 e. The molecule has 0 unspecified atom stereocenters. The molecule has 0 aromatic rings. The maximum absolute atomic E-state index is 13.3. The van der Waals surface area contributed by atoms with Gasteiger partial charge in [-0.15, -0.1) is 0 Å². The molecule has 0 saturated heterocycles. The van der Waals surface area contributed by atoms with Crippen LogP contribution in [-0.2, 0) is 19.2 Å². The molecule has 0 atom stereocenters. The zero-order valence-electron chi connectivity index (χ0n) is 37.3. The van der Waals surface area contributed by atoms with Crippen LogP contribution in [0.25, 0.3) is 0 Å². The van der Waals surface area contributed by atoms with Gasteiger partial charge in [-0.2, -0.15) is 0 Å². The molecule has 0 heterocycles. The summed E-state index contributed by atoms with van der Waals surface area (Å²) in [6, 6.07) is 0. The van der Waals surface area contributed by atoms with Crippen molar-refractivity contribution in [2.24, 2.45) is 32.5 Å². The lowest BCUT2D eigenvalue weighted by Gasteiger charge is -2.34. The number of allylic oxidation sites excluding steroid dienone is 20. The predicted molar refractivity (Wildman–Crippen MR) is 227 cm³/mol. The van der Waals surface area contributed by atoms with Crippen LogP contribution in [0.15, 0.2) is 115 Å². The monoisotopic (exact) mass is 733 g/mol. The Morgan fingerprint density at radius 3 is 0.556 bits per heavy atom. The Hall–Kier alpha value is -3.92. The lowest BCUT2D eigenvalue weighted by Crippen LogP contribution is -2.29. The van der Waals surface area contributed by atoms with Crippen LogP contribution in [0.1, 0.15) is 138 Å². The molecule has 292 valence electrons. The fraction of sp³-hybridized carbons (Fsp3) is 0.520. The van der Waals surface area contributed by atoms with Crippen molar-refractivity contribution in [3.8, 4) is 0 Å². The van der Waals surface area contributed by atoms with Crippen molar-refractivity contribution in [3.63, 3.8) is 0 Å². The van der Waals surface area contributed by atoms with E-state index in [1.165, 1.54) is 0 Å². The quantitative estimate of drug-likeness (QED) is 0.249. The highest BCUT2D eigenvalue weighted by Gasteiger charge is 2.38. The van der Waals surface area contributed by atoms with Crippen LogP contribution >= 0.6 is 0 Å². The molecule has 4 rings (SSSR count). The molecule has 0 radical (unpaired) electrons. The highest BCUT2D eigenvalue weighted by molar-refractivity contribution is 6.14. The topological polar surface area (TPSA) is 68.3 Å². The van der Waals surface area contributed by atoms with E-state index < -0.39 is 0 Å². The third kappa shape index (κ3) is 9.84. The zero-order valence-corrected chi connectivity index (χ0v) is 37.3. The van der Waals surface area contributed by atoms with Gasteiger partial charge in [-0.05, 0) is 128 Å². The molecule has 0 amide bonds. The van der Waals surface area contributed by atoms with Gasteiger partial charge in [-0.1, -0.05) is 125 Å². The molecule has 0 N–H and O–H groups in total. The minimum atomic E-state index is -0.259. The third-order valence-electron chi connectivity index (χ3n) is 10.2. The summed E-state index contributed by atoms with van der Waals surface area (Å²) in [5.74, 6) is 0.483. The molecule has 4 aliphatic rings. The van der Waals surface area contributed by atoms with Crippen LogP contribution in [-0.4, -0.2) is 23.1 Å². The molecular formula is C50H68O4. The third-order valence-corrected chi connectivity index (χ3v) is 10.2. The first-order valence-corrected chi connectivity index (χ1v) is 19.4. The molecule has 0 spiro atoms. The van der Waals surface area contributed by atoms with Gasteiger partial charge >= 0.3 is 0 Å². The molecule has 4 heteroatoms. The average molecular weight is 733 g/mol. The second kappa shape index (κ2) is 14.6. The molecular weight excluding hydrogens is 665 g/mol. The van der Waals surface area contributed by atoms with Gasteiger partial charge in [0.1, 0.15) is 0 Å². The Morgan fingerprint density at radius 2 is 0.407 bits per heavy atom. The van der Waals surface area contributed by atoms with E-state index in [0.717, 1.165) is 66.9 Å². The van der Waals surface area contributed by atoms with Crippen molar-refractivity contribution in [1.29, 1.82) is 0 Å². The first kappa shape index (κ1) is 44.5. The minimum absolute atomic E-state index is 0.0892. The Labute approximate surface area is 327 Å². The summed E-state index contributed by atoms with van der Waals surface area (Å²) in [5.41, 5.74) is 8.98. The van der Waals surface area contributed by atoms with Crippen LogP contribution in [0.2, 0.25) is 0 Å². The van der Waals surface area contributed by atoms with Gasteiger partial charge in [0.25, 0.3) is 0 Å². The molecule has 0 aromatic heterocycles. The van der Waals surface area contributed by atoms with Gasteiger partial charge in [0.05, 0.1) is 0 Å². The Morgan fingerprint density at radius 1 is 0.259 bits per heavy atom. The number of Topliss-reactive ketones (excluding diaryl/α,β-unsaturated/α-hetero) is 4. The Bertz CT molecular complexity index is 1770. The summed E-state index contributed by atoms with van der Waals surface area (Å²) in [6.07, 6.45) is 16.0. The van der Waals surface area contributed by atoms with Crippen LogP contribution in [0.5, 0.6) is 0 Å². The molecule has 4 aliphatic carbocycles. The zero-order chi connectivity index (χ0) is 41.9. The van der Waals surface area contributed by atoms with Crippen molar-refractivity contribution >= 4 is 23.1 Å². The van der Waals surface area contributed by atoms with E-state index in [1.807, 2.05) is 62.5 Å². The van der Waals surface area contributed by atoms with Crippen molar-refractivity contribution in [1.82, 2.24) is 0 Å². The van der Waals surface area contributed by atoms with Crippen LogP contribution < -0.4 is 0 Å².